The molecule has 202 valence electrons. The van der Waals surface area contributed by atoms with E-state index in [0.29, 0.717) is 18.2 Å². The van der Waals surface area contributed by atoms with Gasteiger partial charge in [0.2, 0.25) is 9.84 Å². The van der Waals surface area contributed by atoms with E-state index in [9.17, 15) is 30.4 Å². The fraction of sp³-hybridized carbons (Fsp3) is 0.259. The van der Waals surface area contributed by atoms with Gasteiger partial charge < -0.3 is 9.30 Å². The molecule has 0 radical (unpaired) electrons. The smallest absolute Gasteiger partial charge is 0.361 e. The highest BCUT2D eigenvalue weighted by Crippen LogP contribution is 2.36. The van der Waals surface area contributed by atoms with E-state index in [1.807, 2.05) is 0 Å². The zero-order chi connectivity index (χ0) is 27.9. The van der Waals surface area contributed by atoms with Crippen LogP contribution in [0.1, 0.15) is 5.56 Å². The van der Waals surface area contributed by atoms with Crippen LogP contribution < -0.4 is 0 Å². The van der Waals surface area contributed by atoms with E-state index in [1.54, 1.807) is 10.6 Å². The molecule has 0 bridgehead atoms. The van der Waals surface area contributed by atoms with Crippen molar-refractivity contribution in [3.63, 3.8) is 0 Å². The zero-order valence-electron chi connectivity index (χ0n) is 20.9. The normalized spacial score (nSPS) is 12.8. The molecule has 0 amide bonds. The van der Waals surface area contributed by atoms with E-state index in [4.69, 9.17) is 4.74 Å². The Morgan fingerprint density at radius 2 is 1.68 bits per heavy atom. The number of aromatic nitrogens is 1. The average molecular weight is 568 g/mol. The summed E-state index contributed by atoms with van der Waals surface area (Å²) >= 11 is 0. The van der Waals surface area contributed by atoms with Gasteiger partial charge in [-0.2, -0.15) is 13.2 Å². The lowest BCUT2D eigenvalue weighted by Crippen LogP contribution is -2.21. The van der Waals surface area contributed by atoms with Crippen LogP contribution in [0, 0.1) is 11.6 Å². The molecule has 4 aromatic rings. The van der Waals surface area contributed by atoms with Crippen LogP contribution in [0.25, 0.3) is 22.0 Å². The number of fused-ring (bicyclic) bond motifs is 1. The van der Waals surface area contributed by atoms with Crippen molar-refractivity contribution in [2.45, 2.75) is 48.4 Å². The van der Waals surface area contributed by atoms with Crippen LogP contribution in [0.3, 0.4) is 0 Å². The first-order valence-corrected chi connectivity index (χ1v) is 16.9. The minimum atomic E-state index is -4.73. The van der Waals surface area contributed by atoms with Crippen LogP contribution in [-0.4, -0.2) is 27.7 Å². The third-order valence-electron chi connectivity index (χ3n) is 6.07. The highest BCUT2D eigenvalue weighted by atomic mass is 32.2. The molecule has 0 aliphatic carbocycles. The summed E-state index contributed by atoms with van der Waals surface area (Å²) in [5.74, 6) is -1.38. The second-order valence-corrected chi connectivity index (χ2v) is 17.7. The Morgan fingerprint density at radius 3 is 2.37 bits per heavy atom. The Kier molecular flexibility index (Phi) is 7.57. The van der Waals surface area contributed by atoms with Gasteiger partial charge in [-0.25, -0.2) is 17.2 Å². The molecule has 0 spiro atoms. The van der Waals surface area contributed by atoms with E-state index in [0.717, 1.165) is 42.4 Å². The molecule has 0 fully saturated rings. The number of hydrogen-bond donors (Lipinski definition) is 0. The van der Waals surface area contributed by atoms with Crippen molar-refractivity contribution in [3.05, 3.63) is 84.1 Å². The standard InChI is InChI=1S/C27H26F5NO3SSi/c1-38(2,3)12-11-36-17-33-16-26(37(34,35)21-6-4-5-19(14-21)27(30,31)32)23-13-18(7-10-25(23)33)22-15-20(28)8-9-24(22)29/h4-10,13-16H,11-12,17H2,1-3H3. The largest absolute Gasteiger partial charge is 0.416 e. The molecule has 0 saturated heterocycles. The van der Waals surface area contributed by atoms with Gasteiger partial charge in [0.1, 0.15) is 18.4 Å². The van der Waals surface area contributed by atoms with Crippen molar-refractivity contribution >= 4 is 28.8 Å². The first-order valence-electron chi connectivity index (χ1n) is 11.8. The maximum Gasteiger partial charge on any atom is 0.416 e. The van der Waals surface area contributed by atoms with Crippen LogP contribution >= 0.6 is 0 Å². The molecule has 0 aliphatic rings. The second kappa shape index (κ2) is 10.3. The van der Waals surface area contributed by atoms with Gasteiger partial charge in [-0.15, -0.1) is 0 Å². The SMILES string of the molecule is C[Si](C)(C)CCOCn1cc(S(=O)(=O)c2cccc(C(F)(F)F)c2)c2cc(-c3cc(F)ccc3F)ccc21. The summed E-state index contributed by atoms with van der Waals surface area (Å²) < 4.78 is 103. The molecule has 4 nitrogen and oxygen atoms in total. The number of halogens is 5. The number of benzene rings is 3. The summed E-state index contributed by atoms with van der Waals surface area (Å²) in [4.78, 5) is -0.798. The summed E-state index contributed by atoms with van der Waals surface area (Å²) in [5.41, 5.74) is -0.538. The lowest BCUT2D eigenvalue weighted by molar-refractivity contribution is -0.137. The molecule has 38 heavy (non-hydrogen) atoms. The molecule has 0 aliphatic heterocycles. The monoisotopic (exact) mass is 567 g/mol. The quantitative estimate of drug-likeness (QED) is 0.124. The maximum atomic E-state index is 14.5. The highest BCUT2D eigenvalue weighted by molar-refractivity contribution is 7.91. The minimum absolute atomic E-state index is 0.00671. The predicted octanol–water partition coefficient (Wildman–Crippen LogP) is 7.75. The van der Waals surface area contributed by atoms with Crippen molar-refractivity contribution in [1.82, 2.24) is 4.57 Å². The number of ether oxygens (including phenoxy) is 1. The maximum absolute atomic E-state index is 14.5. The molecular formula is C27H26F5NO3SSi. The molecule has 1 heterocycles. The molecule has 11 heteroatoms. The first kappa shape index (κ1) is 28.0. The van der Waals surface area contributed by atoms with E-state index in [-0.39, 0.29) is 28.1 Å². The van der Waals surface area contributed by atoms with Gasteiger partial charge >= 0.3 is 6.18 Å². The van der Waals surface area contributed by atoms with E-state index < -0.39 is 46.2 Å². The van der Waals surface area contributed by atoms with Crippen molar-refractivity contribution in [2.24, 2.45) is 0 Å². The Hall–Kier alpha value is -3.02. The third-order valence-corrected chi connectivity index (χ3v) is 9.55. The van der Waals surface area contributed by atoms with Gasteiger partial charge in [0.15, 0.2) is 0 Å². The van der Waals surface area contributed by atoms with Gasteiger partial charge in [0.05, 0.1) is 20.9 Å². The number of hydrogen-bond acceptors (Lipinski definition) is 3. The third kappa shape index (κ3) is 6.00. The highest BCUT2D eigenvalue weighted by Gasteiger charge is 2.33. The van der Waals surface area contributed by atoms with Crippen LogP contribution in [0.2, 0.25) is 25.7 Å². The molecule has 4 rings (SSSR count). The Labute approximate surface area is 218 Å². The molecule has 0 N–H and O–H groups in total. The molecule has 3 aromatic carbocycles. The van der Waals surface area contributed by atoms with Gasteiger partial charge in [0.25, 0.3) is 0 Å². The summed E-state index contributed by atoms with van der Waals surface area (Å²) in [5, 5.41) is 0.150. The zero-order valence-corrected chi connectivity index (χ0v) is 22.8. The van der Waals surface area contributed by atoms with Gasteiger partial charge in [-0.1, -0.05) is 31.8 Å². The van der Waals surface area contributed by atoms with E-state index >= 15 is 0 Å². The Balaban J connectivity index is 1.85. The predicted molar refractivity (Wildman–Crippen MR) is 138 cm³/mol. The van der Waals surface area contributed by atoms with Crippen molar-refractivity contribution in [3.8, 4) is 11.1 Å². The van der Waals surface area contributed by atoms with Crippen LogP contribution in [0.15, 0.2) is 76.7 Å². The first-order chi connectivity index (χ1) is 17.7. The summed E-state index contributed by atoms with van der Waals surface area (Å²) in [7, 11) is -5.82. The van der Waals surface area contributed by atoms with Gasteiger partial charge in [0, 0.05) is 31.8 Å². The van der Waals surface area contributed by atoms with Crippen LogP contribution in [-0.2, 0) is 27.5 Å². The Morgan fingerprint density at radius 1 is 0.947 bits per heavy atom. The summed E-state index contributed by atoms with van der Waals surface area (Å²) in [6.45, 7) is 7.03. The topological polar surface area (TPSA) is 48.3 Å². The number of sulfone groups is 1. The fourth-order valence-corrected chi connectivity index (χ4v) is 6.25. The Bertz CT molecular complexity index is 1590. The number of alkyl halides is 3. The lowest BCUT2D eigenvalue weighted by atomic mass is 10.0. The number of rotatable bonds is 8. The number of nitrogens with zero attached hydrogens (tertiary/aromatic N) is 1. The van der Waals surface area contributed by atoms with Crippen LogP contribution in [0.5, 0.6) is 0 Å². The van der Waals surface area contributed by atoms with Gasteiger partial charge in [-0.05, 0) is 60.1 Å². The molecular weight excluding hydrogens is 541 g/mol. The summed E-state index contributed by atoms with van der Waals surface area (Å²) in [6.07, 6.45) is -3.42. The van der Waals surface area contributed by atoms with Crippen molar-refractivity contribution < 1.29 is 35.1 Å². The molecule has 0 unspecified atom stereocenters. The van der Waals surface area contributed by atoms with Crippen molar-refractivity contribution in [2.75, 3.05) is 6.61 Å². The molecule has 1 aromatic heterocycles. The van der Waals surface area contributed by atoms with Crippen LogP contribution in [0.4, 0.5) is 22.0 Å². The lowest BCUT2D eigenvalue weighted by Gasteiger charge is -2.15. The summed E-state index contributed by atoms with van der Waals surface area (Å²) in [6, 6.07) is 11.8. The van der Waals surface area contributed by atoms with E-state index in [2.05, 4.69) is 19.6 Å². The molecule has 0 saturated carbocycles. The fourth-order valence-electron chi connectivity index (χ4n) is 3.98. The molecule has 0 atom stereocenters. The van der Waals surface area contributed by atoms with Crippen molar-refractivity contribution in [1.29, 1.82) is 0 Å². The second-order valence-electron chi connectivity index (χ2n) is 10.2. The van der Waals surface area contributed by atoms with Gasteiger partial charge in [-0.3, -0.25) is 0 Å². The van der Waals surface area contributed by atoms with E-state index in [1.165, 1.54) is 18.3 Å². The minimum Gasteiger partial charge on any atom is -0.361 e. The average Bonchev–Trinajstić information content (AvgIpc) is 3.21.